The van der Waals surface area contributed by atoms with E-state index < -0.39 is 51.5 Å². The molecule has 2 aliphatic rings. The van der Waals surface area contributed by atoms with Crippen LogP contribution in [0.5, 0.6) is 5.75 Å². The summed E-state index contributed by atoms with van der Waals surface area (Å²) in [7, 11) is -4.82. The maximum absolute atomic E-state index is 13.3. The first-order valence-corrected chi connectivity index (χ1v) is 22.5. The molecule has 2 aromatic heterocycles. The van der Waals surface area contributed by atoms with Crippen LogP contribution in [-0.4, -0.2) is 130 Å². The maximum Gasteiger partial charge on any atom is 0.413 e. The molecule has 5 rings (SSSR count). The minimum Gasteiger partial charge on any atom is -0.490 e. The molecule has 4 amide bonds. The molecule has 2 saturated heterocycles. The van der Waals surface area contributed by atoms with Gasteiger partial charge in [0.05, 0.1) is 22.3 Å². The van der Waals surface area contributed by atoms with Crippen molar-refractivity contribution in [3.8, 4) is 5.75 Å². The zero-order chi connectivity index (χ0) is 46.8. The highest BCUT2D eigenvalue weighted by Gasteiger charge is 2.51. The van der Waals surface area contributed by atoms with Crippen LogP contribution in [0.25, 0.3) is 10.2 Å². The molecule has 2 aliphatic heterocycles. The van der Waals surface area contributed by atoms with Gasteiger partial charge in [0.25, 0.3) is 18.3 Å². The molecule has 0 spiro atoms. The maximum atomic E-state index is 13.3. The first-order chi connectivity index (χ1) is 28.7. The van der Waals surface area contributed by atoms with E-state index in [-0.39, 0.29) is 51.8 Å². The molecule has 24 heteroatoms. The third kappa shape index (κ3) is 15.5. The number of ether oxygens (including phenoxy) is 4. The number of oxime groups is 1. The van der Waals surface area contributed by atoms with Crippen LogP contribution >= 0.6 is 22.7 Å². The lowest BCUT2D eigenvalue weighted by Gasteiger charge is -2.42. The van der Waals surface area contributed by atoms with Gasteiger partial charge in [-0.3, -0.25) is 24.3 Å². The van der Waals surface area contributed by atoms with E-state index in [1.165, 1.54) is 23.6 Å². The van der Waals surface area contributed by atoms with Crippen molar-refractivity contribution in [1.29, 1.82) is 0 Å². The summed E-state index contributed by atoms with van der Waals surface area (Å²) in [5, 5.41) is 14.3. The summed E-state index contributed by atoms with van der Waals surface area (Å²) < 4.78 is 54.4. The summed E-state index contributed by atoms with van der Waals surface area (Å²) in [6.07, 6.45) is -1.13. The number of β-lactam (4-membered cyclic amide) rings is 1. The molecule has 2 atom stereocenters. The van der Waals surface area contributed by atoms with Gasteiger partial charge in [-0.15, -0.1) is 11.3 Å². The lowest BCUT2D eigenvalue weighted by Crippen LogP contribution is -2.71. The van der Waals surface area contributed by atoms with Gasteiger partial charge < -0.3 is 39.3 Å². The van der Waals surface area contributed by atoms with Gasteiger partial charge in [0, 0.05) is 18.5 Å². The Morgan fingerprint density at radius 3 is 2.16 bits per heavy atom. The summed E-state index contributed by atoms with van der Waals surface area (Å²) in [5.41, 5.74) is -1.30. The van der Waals surface area contributed by atoms with Crippen LogP contribution in [0.15, 0.2) is 28.7 Å². The van der Waals surface area contributed by atoms with E-state index >= 15 is 0 Å². The largest absolute Gasteiger partial charge is 0.490 e. The third-order valence-electron chi connectivity index (χ3n) is 7.66. The normalized spacial score (nSPS) is 16.9. The first-order valence-electron chi connectivity index (χ1n) is 19.4. The second kappa shape index (κ2) is 21.2. The zero-order valence-electron chi connectivity index (χ0n) is 36.8. The van der Waals surface area contributed by atoms with Gasteiger partial charge in [0.15, 0.2) is 22.6 Å². The highest BCUT2D eigenvalue weighted by atomic mass is 32.2. The van der Waals surface area contributed by atoms with Crippen LogP contribution in [0, 0.1) is 0 Å². The predicted octanol–water partition coefficient (Wildman–Crippen LogP) is 5.43. The van der Waals surface area contributed by atoms with E-state index in [1.54, 1.807) is 37.8 Å². The van der Waals surface area contributed by atoms with Crippen molar-refractivity contribution in [3.05, 3.63) is 29.3 Å². The molecule has 3 aromatic rings. The Bertz CT molecular complexity index is 2180. The molecular weight excluding hydrogens is 873 g/mol. The van der Waals surface area contributed by atoms with Crippen molar-refractivity contribution in [2.75, 3.05) is 36.9 Å². The second-order valence-electron chi connectivity index (χ2n) is 16.3. The second-order valence-corrected chi connectivity index (χ2v) is 19.5. The molecule has 0 bridgehead atoms. The molecule has 2 fully saturated rings. The van der Waals surface area contributed by atoms with Crippen LogP contribution in [0.4, 0.5) is 19.9 Å². The van der Waals surface area contributed by atoms with Gasteiger partial charge in [-0.05, 0) is 87.4 Å². The van der Waals surface area contributed by atoms with Gasteiger partial charge in [-0.2, -0.15) is 8.42 Å². The third-order valence-corrected chi connectivity index (χ3v) is 10.4. The molecule has 344 valence electrons. The molecule has 62 heavy (non-hydrogen) atoms. The van der Waals surface area contributed by atoms with Gasteiger partial charge in [0.1, 0.15) is 40.9 Å². The summed E-state index contributed by atoms with van der Waals surface area (Å²) in [6.45, 7) is 22.7. The Kier molecular flexibility index (Phi) is 17.4. The lowest BCUT2D eigenvalue weighted by atomic mass is 10.0. The summed E-state index contributed by atoms with van der Waals surface area (Å²) in [4.78, 5) is 75.5. The van der Waals surface area contributed by atoms with Gasteiger partial charge in [-0.1, -0.05) is 30.3 Å². The lowest BCUT2D eigenvalue weighted by molar-refractivity contribution is -0.144. The first kappa shape index (κ1) is 51.0. The van der Waals surface area contributed by atoms with Crippen LogP contribution in [0.3, 0.4) is 0 Å². The number of hydrogen-bond donors (Lipinski definition) is 4. The minimum atomic E-state index is -4.82. The van der Waals surface area contributed by atoms with E-state index in [2.05, 4.69) is 35.8 Å². The van der Waals surface area contributed by atoms with E-state index in [9.17, 15) is 36.9 Å². The number of fused-ring (bicyclic) bond motifs is 1. The fourth-order valence-electron chi connectivity index (χ4n) is 5.08. The van der Waals surface area contributed by atoms with Crippen LogP contribution in [0.2, 0.25) is 0 Å². The summed E-state index contributed by atoms with van der Waals surface area (Å²) in [5.74, 6) is -1.45. The summed E-state index contributed by atoms with van der Waals surface area (Å²) in [6, 6.07) is 3.04. The number of amides is 4. The Balaban J connectivity index is 0.00000103. The Morgan fingerprint density at radius 2 is 1.61 bits per heavy atom. The number of carbonyl (C=O) groups excluding carboxylic acids is 5. The molecule has 1 aromatic carbocycles. The molecule has 4 N–H and O–H groups in total. The summed E-state index contributed by atoms with van der Waals surface area (Å²) >= 11 is 2.40. The fraction of sp³-hybridized carbons (Fsp3) is 0.579. The molecule has 1 unspecified atom stereocenters. The number of nitrogens with one attached hydrogen (secondary N) is 3. The Hall–Kier alpha value is -5.33. The fourth-order valence-corrected chi connectivity index (χ4v) is 7.61. The van der Waals surface area contributed by atoms with Crippen molar-refractivity contribution in [2.24, 2.45) is 5.16 Å². The standard InChI is InChI=1S/C31H40N8O11S3.C5H10O2.C2H6/c1-16-22(25(41)39(16)53(44,45)46)35-24(40)23(20-15-51-26(34-20)36-28(42)49-30(2,3)4)37-48-11-10-47-18-8-9-19-21(12-18)52-27(33-19)32-17-13-38(14-17)29(43)50-31(5,6)7;1-5(2,3)7-4-6;1-2/h8-9,12,15-17,22H,10-11,13-14H2,1-7H3,(H,32,33)(H,35,40)(H,34,36,42)(H,44,45,46);4H,1-3H3;1-2H3/b37-23-;;/t16-,22?;;/m0../s1. The topological polar surface area (TPSA) is 267 Å². The number of thiazole rings is 2. The SMILES string of the molecule is CC.CC(C)(C)OC=O.C[C@H]1C(NC(=O)/C(=N\OCCOc2ccc3nc(NC4CN(C(=O)OC(C)(C)C)C4)sc3c2)c2csc(NC(=O)OC(C)(C)C)n2)C(=O)N1S(=O)(=O)O. The van der Waals surface area contributed by atoms with Crippen molar-refractivity contribution < 1.29 is 60.7 Å². The molecule has 0 saturated carbocycles. The zero-order valence-corrected chi connectivity index (χ0v) is 39.2. The van der Waals surface area contributed by atoms with Crippen molar-refractivity contribution >= 4 is 89.6 Å². The van der Waals surface area contributed by atoms with Crippen molar-refractivity contribution in [2.45, 2.75) is 118 Å². The number of carbonyl (C=O) groups is 5. The van der Waals surface area contributed by atoms with Crippen LogP contribution in [-0.2, 0) is 43.7 Å². The Morgan fingerprint density at radius 1 is 0.968 bits per heavy atom. The van der Waals surface area contributed by atoms with Crippen LogP contribution in [0.1, 0.15) is 88.8 Å². The number of likely N-dealkylation sites (tertiary alicyclic amines) is 1. The number of rotatable bonds is 13. The monoisotopic (exact) mass is 928 g/mol. The average molecular weight is 929 g/mol. The molecule has 0 aliphatic carbocycles. The Labute approximate surface area is 368 Å². The van der Waals surface area contributed by atoms with Gasteiger partial charge in [-0.25, -0.2) is 23.9 Å². The quantitative estimate of drug-likeness (QED) is 0.0316. The molecule has 0 radical (unpaired) electrons. The van der Waals surface area contributed by atoms with E-state index in [4.69, 9.17) is 19.0 Å². The molecule has 21 nitrogen and oxygen atoms in total. The number of aromatic nitrogens is 2. The van der Waals surface area contributed by atoms with E-state index in [0.717, 1.165) is 21.6 Å². The molecular formula is C38H56N8O13S3. The predicted molar refractivity (Wildman–Crippen MR) is 233 cm³/mol. The highest BCUT2D eigenvalue weighted by molar-refractivity contribution is 7.84. The van der Waals surface area contributed by atoms with Crippen molar-refractivity contribution in [1.82, 2.24) is 24.5 Å². The highest BCUT2D eigenvalue weighted by Crippen LogP contribution is 2.31. The number of benzene rings is 1. The number of nitrogens with zero attached hydrogens (tertiary/aromatic N) is 5. The molecule has 4 heterocycles. The van der Waals surface area contributed by atoms with E-state index in [0.29, 0.717) is 30.4 Å². The average Bonchev–Trinajstić information content (AvgIpc) is 3.74. The van der Waals surface area contributed by atoms with Crippen molar-refractivity contribution in [3.63, 3.8) is 0 Å². The van der Waals surface area contributed by atoms with Gasteiger partial charge in [0.2, 0.25) is 0 Å². The minimum absolute atomic E-state index is 0.0143. The van der Waals surface area contributed by atoms with Crippen LogP contribution < -0.4 is 20.7 Å². The number of anilines is 2. The van der Waals surface area contributed by atoms with E-state index in [1.807, 2.05) is 61.5 Å². The number of hydrogen-bond acceptors (Lipinski definition) is 18. The smallest absolute Gasteiger partial charge is 0.413 e. The van der Waals surface area contributed by atoms with Gasteiger partial charge >= 0.3 is 22.5 Å².